The van der Waals surface area contributed by atoms with Crippen LogP contribution >= 0.6 is 0 Å². The lowest BCUT2D eigenvalue weighted by molar-refractivity contribution is 0.595. The number of allylic oxidation sites excluding steroid dienone is 4. The maximum Gasteiger partial charge on any atom is -0.00462 e. The fraction of sp³-hybridized carbons (Fsp3) is 0.571. The molecule has 0 heterocycles. The van der Waals surface area contributed by atoms with Crippen molar-refractivity contribution in [3.8, 4) is 0 Å². The summed E-state index contributed by atoms with van der Waals surface area (Å²) in [4.78, 5) is 0. The number of nitrogens with one attached hydrogen (secondary N) is 1. The highest BCUT2D eigenvalue weighted by Gasteiger charge is 2.02. The van der Waals surface area contributed by atoms with Crippen LogP contribution in [-0.4, -0.2) is 13.6 Å². The molecule has 0 aromatic rings. The summed E-state index contributed by atoms with van der Waals surface area (Å²) in [6, 6.07) is 0. The lowest BCUT2D eigenvalue weighted by Crippen LogP contribution is -2.11. The van der Waals surface area contributed by atoms with E-state index in [-0.39, 0.29) is 0 Å². The van der Waals surface area contributed by atoms with E-state index in [2.05, 4.69) is 31.5 Å². The van der Waals surface area contributed by atoms with Crippen molar-refractivity contribution in [3.05, 3.63) is 36.5 Å². The Morgan fingerprint density at radius 1 is 1.27 bits per heavy atom. The third kappa shape index (κ3) is 11.1. The molecule has 0 aromatic heterocycles. The second-order valence-corrected chi connectivity index (χ2v) is 3.55. The molecular formula is C14H27N. The predicted molar refractivity (Wildman–Crippen MR) is 72.1 cm³/mol. The summed E-state index contributed by atoms with van der Waals surface area (Å²) in [5.41, 5.74) is 2.25. The molecule has 0 bridgehead atoms. The number of hydrogen-bond acceptors (Lipinski definition) is 1. The van der Waals surface area contributed by atoms with E-state index in [1.807, 2.05) is 33.9 Å². The Morgan fingerprint density at radius 2 is 1.80 bits per heavy atom. The van der Waals surface area contributed by atoms with Crippen molar-refractivity contribution in [1.82, 2.24) is 5.32 Å². The molecule has 0 spiro atoms. The molecule has 1 heteroatoms. The van der Waals surface area contributed by atoms with Gasteiger partial charge in [0.05, 0.1) is 0 Å². The standard InChI is InChI=1S/C12H21N.C2H6/c1-10(2)6-7-11(3)12(4)8-9-13-5;1-2/h6-7,12-13H,1,3,8-9H2,2,4-5H3;1-2H3/b7-6-;. The molecule has 1 nitrogen and oxygen atoms in total. The Balaban J connectivity index is 0. The quantitative estimate of drug-likeness (QED) is 0.653. The van der Waals surface area contributed by atoms with Crippen LogP contribution in [0.2, 0.25) is 0 Å². The molecule has 15 heavy (non-hydrogen) atoms. The summed E-state index contributed by atoms with van der Waals surface area (Å²) in [7, 11) is 1.97. The lowest BCUT2D eigenvalue weighted by Gasteiger charge is -2.10. The Hall–Kier alpha value is -0.820. The molecule has 0 aliphatic carbocycles. The van der Waals surface area contributed by atoms with Crippen LogP contribution in [0.4, 0.5) is 0 Å². The summed E-state index contributed by atoms with van der Waals surface area (Å²) < 4.78 is 0. The van der Waals surface area contributed by atoms with Gasteiger partial charge in [-0.3, -0.25) is 0 Å². The van der Waals surface area contributed by atoms with Gasteiger partial charge in [0, 0.05) is 0 Å². The van der Waals surface area contributed by atoms with Gasteiger partial charge in [-0.15, -0.1) is 0 Å². The van der Waals surface area contributed by atoms with Crippen LogP contribution < -0.4 is 5.32 Å². The molecule has 0 radical (unpaired) electrons. The molecule has 0 saturated carbocycles. The van der Waals surface area contributed by atoms with E-state index in [9.17, 15) is 0 Å². The minimum atomic E-state index is 0.544. The first-order chi connectivity index (χ1) is 7.07. The normalized spacial score (nSPS) is 11.8. The largest absolute Gasteiger partial charge is 0.320 e. The first kappa shape index (κ1) is 16.6. The Bertz CT molecular complexity index is 201. The van der Waals surface area contributed by atoms with Crippen LogP contribution in [0.1, 0.15) is 34.1 Å². The molecule has 1 atom stereocenters. The summed E-state index contributed by atoms with van der Waals surface area (Å²) in [5, 5.41) is 3.14. The highest BCUT2D eigenvalue weighted by Crippen LogP contribution is 2.13. The molecule has 0 rings (SSSR count). The zero-order valence-corrected chi connectivity index (χ0v) is 11.1. The van der Waals surface area contributed by atoms with Gasteiger partial charge in [-0.05, 0) is 32.9 Å². The molecule has 0 amide bonds. The average molecular weight is 209 g/mol. The minimum Gasteiger partial charge on any atom is -0.320 e. The van der Waals surface area contributed by atoms with Gasteiger partial charge in [0.1, 0.15) is 0 Å². The Morgan fingerprint density at radius 3 is 2.20 bits per heavy atom. The Kier molecular flexibility index (Phi) is 12.5. The molecule has 0 aromatic carbocycles. The molecule has 0 saturated heterocycles. The highest BCUT2D eigenvalue weighted by atomic mass is 14.8. The van der Waals surface area contributed by atoms with E-state index >= 15 is 0 Å². The van der Waals surface area contributed by atoms with E-state index in [0.717, 1.165) is 18.5 Å². The van der Waals surface area contributed by atoms with Crippen molar-refractivity contribution in [3.63, 3.8) is 0 Å². The maximum atomic E-state index is 4.02. The van der Waals surface area contributed by atoms with Crippen molar-refractivity contribution in [2.45, 2.75) is 34.1 Å². The van der Waals surface area contributed by atoms with Crippen molar-refractivity contribution in [2.24, 2.45) is 5.92 Å². The topological polar surface area (TPSA) is 12.0 Å². The Labute approximate surface area is 96.0 Å². The fourth-order valence-corrected chi connectivity index (χ4v) is 0.960. The van der Waals surface area contributed by atoms with E-state index in [1.165, 1.54) is 5.57 Å². The summed E-state index contributed by atoms with van der Waals surface area (Å²) >= 11 is 0. The van der Waals surface area contributed by atoms with E-state index < -0.39 is 0 Å². The van der Waals surface area contributed by atoms with Crippen LogP contribution in [0.5, 0.6) is 0 Å². The minimum absolute atomic E-state index is 0.544. The van der Waals surface area contributed by atoms with Gasteiger partial charge in [0.15, 0.2) is 0 Å². The molecule has 88 valence electrons. The van der Waals surface area contributed by atoms with Gasteiger partial charge in [0.25, 0.3) is 0 Å². The van der Waals surface area contributed by atoms with E-state index in [0.29, 0.717) is 5.92 Å². The van der Waals surface area contributed by atoms with Crippen LogP contribution in [-0.2, 0) is 0 Å². The van der Waals surface area contributed by atoms with Crippen molar-refractivity contribution >= 4 is 0 Å². The SMILES string of the molecule is C=C(C)/C=C\C(=C)C(C)CCNC.CC. The number of hydrogen-bond donors (Lipinski definition) is 1. The van der Waals surface area contributed by atoms with Gasteiger partial charge < -0.3 is 5.32 Å². The van der Waals surface area contributed by atoms with Crippen LogP contribution in [0, 0.1) is 5.92 Å². The predicted octanol–water partition coefficient (Wildman–Crippen LogP) is 3.95. The van der Waals surface area contributed by atoms with Gasteiger partial charge >= 0.3 is 0 Å². The molecule has 1 unspecified atom stereocenters. The zero-order chi connectivity index (χ0) is 12.3. The lowest BCUT2D eigenvalue weighted by atomic mass is 9.98. The number of rotatable bonds is 6. The third-order valence-corrected chi connectivity index (χ3v) is 2.04. The summed E-state index contributed by atoms with van der Waals surface area (Å²) in [6.07, 6.45) is 5.21. The van der Waals surface area contributed by atoms with Crippen molar-refractivity contribution in [2.75, 3.05) is 13.6 Å². The molecule has 0 aliphatic rings. The van der Waals surface area contributed by atoms with Crippen LogP contribution in [0.25, 0.3) is 0 Å². The van der Waals surface area contributed by atoms with Crippen molar-refractivity contribution < 1.29 is 0 Å². The molecule has 0 fully saturated rings. The van der Waals surface area contributed by atoms with Crippen molar-refractivity contribution in [1.29, 1.82) is 0 Å². The molecule has 1 N–H and O–H groups in total. The third-order valence-electron chi connectivity index (χ3n) is 2.04. The highest BCUT2D eigenvalue weighted by molar-refractivity contribution is 5.24. The van der Waals surface area contributed by atoms with Crippen LogP contribution in [0.3, 0.4) is 0 Å². The monoisotopic (exact) mass is 209 g/mol. The maximum absolute atomic E-state index is 4.02. The van der Waals surface area contributed by atoms with Gasteiger partial charge in [0.2, 0.25) is 0 Å². The van der Waals surface area contributed by atoms with Crippen LogP contribution in [0.15, 0.2) is 36.5 Å². The average Bonchev–Trinajstić information content (AvgIpc) is 2.25. The summed E-state index contributed by atoms with van der Waals surface area (Å²) in [6.45, 7) is 17.1. The zero-order valence-electron chi connectivity index (χ0n) is 11.1. The van der Waals surface area contributed by atoms with Gasteiger partial charge in [-0.1, -0.05) is 57.2 Å². The summed E-state index contributed by atoms with van der Waals surface area (Å²) in [5.74, 6) is 0.544. The molecule has 0 aliphatic heterocycles. The first-order valence-corrected chi connectivity index (χ1v) is 5.75. The van der Waals surface area contributed by atoms with E-state index in [1.54, 1.807) is 0 Å². The smallest absolute Gasteiger partial charge is 0.00462 e. The van der Waals surface area contributed by atoms with Gasteiger partial charge in [-0.25, -0.2) is 0 Å². The molecular weight excluding hydrogens is 182 g/mol. The second-order valence-electron chi connectivity index (χ2n) is 3.55. The first-order valence-electron chi connectivity index (χ1n) is 5.75. The second kappa shape index (κ2) is 11.3. The van der Waals surface area contributed by atoms with Gasteiger partial charge in [-0.2, -0.15) is 0 Å². The van der Waals surface area contributed by atoms with E-state index in [4.69, 9.17) is 0 Å². The fourth-order valence-electron chi connectivity index (χ4n) is 0.960.